The fraction of sp³-hybridized carbons (Fsp3) is 0.565. The van der Waals surface area contributed by atoms with Crippen LogP contribution < -0.4 is 0 Å². The highest BCUT2D eigenvalue weighted by atomic mass is 16.5. The van der Waals surface area contributed by atoms with Crippen LogP contribution in [0.1, 0.15) is 47.8 Å². The Balaban J connectivity index is 1.54. The number of amides is 1. The Labute approximate surface area is 172 Å². The molecule has 2 aliphatic heterocycles. The molecule has 156 valence electrons. The Bertz CT molecular complexity index is 827. The van der Waals surface area contributed by atoms with Gasteiger partial charge in [-0.15, -0.1) is 0 Å². The van der Waals surface area contributed by atoms with Crippen LogP contribution in [0.4, 0.5) is 0 Å². The van der Waals surface area contributed by atoms with Gasteiger partial charge in [0.25, 0.3) is 0 Å². The van der Waals surface area contributed by atoms with Crippen LogP contribution in [0, 0.1) is 19.8 Å². The summed E-state index contributed by atoms with van der Waals surface area (Å²) in [6, 6.07) is 10.3. The van der Waals surface area contributed by atoms with E-state index in [0.717, 1.165) is 49.6 Å². The maximum atomic E-state index is 13.2. The van der Waals surface area contributed by atoms with Crippen molar-refractivity contribution < 1.29 is 14.3 Å². The second kappa shape index (κ2) is 9.09. The van der Waals surface area contributed by atoms with E-state index in [0.29, 0.717) is 32.1 Å². The number of ether oxygens (including phenoxy) is 2. The molecule has 0 radical (unpaired) electrons. The molecule has 2 aromatic rings. The average molecular weight is 398 g/mol. The van der Waals surface area contributed by atoms with E-state index in [1.54, 1.807) is 0 Å². The number of nitrogens with zero attached hydrogens (tertiary/aromatic N) is 3. The molecular weight excluding hydrogens is 366 g/mol. The Morgan fingerprint density at radius 2 is 1.86 bits per heavy atom. The van der Waals surface area contributed by atoms with Gasteiger partial charge in [0.05, 0.1) is 31.5 Å². The molecule has 0 unspecified atom stereocenters. The van der Waals surface area contributed by atoms with Crippen molar-refractivity contribution >= 4 is 5.91 Å². The quantitative estimate of drug-likeness (QED) is 0.777. The van der Waals surface area contributed by atoms with Gasteiger partial charge < -0.3 is 14.4 Å². The standard InChI is InChI=1S/C23H31N3O3/c1-17-23(18(2)26(24-17)15-20-6-4-3-5-7-20)21-16-29-13-10-25(21)22(27)14-19-8-11-28-12-9-19/h3-7,19,21H,8-16H2,1-2H3/t21-/m0/s1. The van der Waals surface area contributed by atoms with Gasteiger partial charge in [-0.2, -0.15) is 5.10 Å². The molecular formula is C23H31N3O3. The molecule has 0 saturated carbocycles. The van der Waals surface area contributed by atoms with Crippen LogP contribution in [0.5, 0.6) is 0 Å². The van der Waals surface area contributed by atoms with Crippen LogP contribution in [0.2, 0.25) is 0 Å². The smallest absolute Gasteiger partial charge is 0.223 e. The van der Waals surface area contributed by atoms with Crippen LogP contribution in [0.15, 0.2) is 30.3 Å². The zero-order valence-corrected chi connectivity index (χ0v) is 17.5. The number of hydrogen-bond donors (Lipinski definition) is 0. The second-order valence-electron chi connectivity index (χ2n) is 8.17. The van der Waals surface area contributed by atoms with Crippen LogP contribution in [0.25, 0.3) is 0 Å². The van der Waals surface area contributed by atoms with E-state index < -0.39 is 0 Å². The van der Waals surface area contributed by atoms with Gasteiger partial charge in [0.1, 0.15) is 0 Å². The summed E-state index contributed by atoms with van der Waals surface area (Å²) in [5, 5.41) is 4.80. The van der Waals surface area contributed by atoms with Crippen molar-refractivity contribution in [1.29, 1.82) is 0 Å². The van der Waals surface area contributed by atoms with Crippen molar-refractivity contribution in [2.24, 2.45) is 5.92 Å². The predicted octanol–water partition coefficient (Wildman–Crippen LogP) is 3.26. The number of carbonyl (C=O) groups is 1. The molecule has 0 spiro atoms. The Kier molecular flexibility index (Phi) is 6.31. The van der Waals surface area contributed by atoms with Gasteiger partial charge in [0, 0.05) is 37.4 Å². The van der Waals surface area contributed by atoms with Crippen molar-refractivity contribution in [2.45, 2.75) is 45.7 Å². The third-order valence-corrected chi connectivity index (χ3v) is 6.20. The molecule has 4 rings (SSSR count). The molecule has 1 amide bonds. The lowest BCUT2D eigenvalue weighted by Crippen LogP contribution is -2.44. The van der Waals surface area contributed by atoms with E-state index in [1.807, 2.05) is 30.0 Å². The third kappa shape index (κ3) is 4.54. The van der Waals surface area contributed by atoms with Crippen LogP contribution in [-0.4, -0.2) is 53.6 Å². The lowest BCUT2D eigenvalue weighted by molar-refractivity contribution is -0.142. The summed E-state index contributed by atoms with van der Waals surface area (Å²) < 4.78 is 13.3. The topological polar surface area (TPSA) is 56.6 Å². The number of aromatic nitrogens is 2. The highest BCUT2D eigenvalue weighted by Crippen LogP contribution is 2.31. The Hall–Kier alpha value is -2.18. The minimum Gasteiger partial charge on any atom is -0.381 e. The molecule has 3 heterocycles. The van der Waals surface area contributed by atoms with Crippen molar-refractivity contribution in [2.75, 3.05) is 33.0 Å². The van der Waals surface area contributed by atoms with Crippen molar-refractivity contribution in [3.8, 4) is 0 Å². The van der Waals surface area contributed by atoms with Gasteiger partial charge in [-0.1, -0.05) is 30.3 Å². The van der Waals surface area contributed by atoms with E-state index >= 15 is 0 Å². The summed E-state index contributed by atoms with van der Waals surface area (Å²) >= 11 is 0. The summed E-state index contributed by atoms with van der Waals surface area (Å²) in [4.78, 5) is 15.2. The van der Waals surface area contributed by atoms with Gasteiger partial charge in [-0.3, -0.25) is 9.48 Å². The molecule has 1 atom stereocenters. The number of carbonyl (C=O) groups excluding carboxylic acids is 1. The van der Waals surface area contributed by atoms with Gasteiger partial charge in [0.15, 0.2) is 0 Å². The van der Waals surface area contributed by atoms with E-state index in [9.17, 15) is 4.79 Å². The zero-order valence-electron chi connectivity index (χ0n) is 17.5. The van der Waals surface area contributed by atoms with Crippen molar-refractivity contribution in [3.63, 3.8) is 0 Å². The largest absolute Gasteiger partial charge is 0.381 e. The van der Waals surface area contributed by atoms with Gasteiger partial charge in [-0.05, 0) is 38.2 Å². The third-order valence-electron chi connectivity index (χ3n) is 6.20. The van der Waals surface area contributed by atoms with Crippen LogP contribution >= 0.6 is 0 Å². The summed E-state index contributed by atoms with van der Waals surface area (Å²) in [5.74, 6) is 0.669. The molecule has 6 heteroatoms. The number of hydrogen-bond acceptors (Lipinski definition) is 4. The molecule has 2 aliphatic rings. The molecule has 1 aromatic heterocycles. The van der Waals surface area contributed by atoms with Crippen molar-refractivity contribution in [1.82, 2.24) is 14.7 Å². The Morgan fingerprint density at radius 1 is 1.10 bits per heavy atom. The van der Waals surface area contributed by atoms with Crippen LogP contribution in [-0.2, 0) is 20.8 Å². The van der Waals surface area contributed by atoms with Gasteiger partial charge >= 0.3 is 0 Å². The molecule has 0 bridgehead atoms. The maximum Gasteiger partial charge on any atom is 0.223 e. The van der Waals surface area contributed by atoms with Crippen molar-refractivity contribution in [3.05, 3.63) is 52.8 Å². The van der Waals surface area contributed by atoms with Crippen LogP contribution in [0.3, 0.4) is 0 Å². The highest BCUT2D eigenvalue weighted by molar-refractivity contribution is 5.77. The summed E-state index contributed by atoms with van der Waals surface area (Å²) in [6.07, 6.45) is 2.57. The first-order chi connectivity index (χ1) is 14.1. The predicted molar refractivity (Wildman–Crippen MR) is 111 cm³/mol. The number of rotatable bonds is 5. The lowest BCUT2D eigenvalue weighted by Gasteiger charge is -2.37. The first-order valence-electron chi connectivity index (χ1n) is 10.7. The number of benzene rings is 1. The highest BCUT2D eigenvalue weighted by Gasteiger charge is 2.33. The summed E-state index contributed by atoms with van der Waals surface area (Å²) in [7, 11) is 0. The fourth-order valence-electron chi connectivity index (χ4n) is 4.56. The molecule has 2 saturated heterocycles. The number of morpholine rings is 1. The SMILES string of the molecule is Cc1nn(Cc2ccccc2)c(C)c1[C@@H]1COCCN1C(=O)CC1CCOCC1. The van der Waals surface area contributed by atoms with E-state index in [4.69, 9.17) is 14.6 Å². The fourth-order valence-corrected chi connectivity index (χ4v) is 4.56. The summed E-state index contributed by atoms with van der Waals surface area (Å²) in [6.45, 7) is 8.22. The van der Waals surface area contributed by atoms with E-state index in [2.05, 4.69) is 23.7 Å². The van der Waals surface area contributed by atoms with Gasteiger partial charge in [0.2, 0.25) is 5.91 Å². The molecule has 0 N–H and O–H groups in total. The number of aryl methyl sites for hydroxylation is 1. The second-order valence-corrected chi connectivity index (χ2v) is 8.17. The minimum absolute atomic E-state index is 0.0550. The monoisotopic (exact) mass is 397 g/mol. The molecule has 6 nitrogen and oxygen atoms in total. The first-order valence-corrected chi connectivity index (χ1v) is 10.7. The molecule has 29 heavy (non-hydrogen) atoms. The Morgan fingerprint density at radius 3 is 2.62 bits per heavy atom. The summed E-state index contributed by atoms with van der Waals surface area (Å²) in [5.41, 5.74) is 4.46. The maximum absolute atomic E-state index is 13.2. The normalized spacial score (nSPS) is 20.8. The zero-order chi connectivity index (χ0) is 20.2. The van der Waals surface area contributed by atoms with E-state index in [-0.39, 0.29) is 11.9 Å². The lowest BCUT2D eigenvalue weighted by atomic mass is 9.94. The average Bonchev–Trinajstić information content (AvgIpc) is 3.02. The molecule has 0 aliphatic carbocycles. The molecule has 1 aromatic carbocycles. The van der Waals surface area contributed by atoms with Gasteiger partial charge in [-0.25, -0.2) is 0 Å². The van der Waals surface area contributed by atoms with E-state index in [1.165, 1.54) is 5.56 Å². The minimum atomic E-state index is -0.0550. The molecule has 2 fully saturated rings. The first kappa shape index (κ1) is 20.1.